The zero-order valence-electron chi connectivity index (χ0n) is 20.8. The van der Waals surface area contributed by atoms with Crippen LogP contribution in [0, 0.1) is 12.8 Å². The molecule has 4 unspecified atom stereocenters. The molecule has 3 aliphatic heterocycles. The number of hydrogen-bond donors (Lipinski definition) is 1. The molecule has 0 saturated carbocycles. The van der Waals surface area contributed by atoms with Crippen LogP contribution in [-0.4, -0.2) is 50.5 Å². The Labute approximate surface area is 200 Å². The van der Waals surface area contributed by atoms with Crippen molar-refractivity contribution in [3.63, 3.8) is 0 Å². The summed E-state index contributed by atoms with van der Waals surface area (Å²) in [4.78, 5) is 13.5. The zero-order valence-corrected chi connectivity index (χ0v) is 20.8. The summed E-state index contributed by atoms with van der Waals surface area (Å²) >= 11 is 0. The van der Waals surface area contributed by atoms with Gasteiger partial charge < -0.3 is 28.8 Å². The molecule has 2 aromatic carbocycles. The first-order chi connectivity index (χ1) is 16.4. The van der Waals surface area contributed by atoms with Crippen LogP contribution in [0.4, 0.5) is 0 Å². The van der Waals surface area contributed by atoms with Gasteiger partial charge in [0.05, 0.1) is 19.8 Å². The number of hydrogen-bond acceptors (Lipinski definition) is 7. The molecule has 0 radical (unpaired) electrons. The standard InChI is InChI=1S/C25H28O7.C2H6/c1-12-5-20-16(8-18(31-20)13(2)10-26)25-24(12)17(27)6-14-15-7-21(28-3)22(29-4)9-19(15)30-11-23(14)32-25;1-2/h5,7,9,13-14,18,23,26H,6,8,10-11H2,1-4H3;1-2H3. The molecule has 3 heterocycles. The highest BCUT2D eigenvalue weighted by Gasteiger charge is 2.42. The van der Waals surface area contributed by atoms with Crippen molar-refractivity contribution in [3.05, 3.63) is 40.5 Å². The molecule has 0 bridgehead atoms. The van der Waals surface area contributed by atoms with Gasteiger partial charge in [0.1, 0.15) is 36.1 Å². The fourth-order valence-electron chi connectivity index (χ4n) is 5.00. The van der Waals surface area contributed by atoms with Crippen molar-refractivity contribution in [1.29, 1.82) is 0 Å². The summed E-state index contributed by atoms with van der Waals surface area (Å²) in [6, 6.07) is 5.62. The topological polar surface area (TPSA) is 83.5 Å². The number of aliphatic hydroxyl groups excluding tert-OH is 1. The predicted octanol–water partition coefficient (Wildman–Crippen LogP) is 4.48. The maximum absolute atomic E-state index is 13.5. The van der Waals surface area contributed by atoms with Gasteiger partial charge in [-0.25, -0.2) is 0 Å². The highest BCUT2D eigenvalue weighted by atomic mass is 16.5. The number of Topliss-reactive ketones (excluding diaryl/α,β-unsaturated/α-hetero) is 1. The van der Waals surface area contributed by atoms with Crippen LogP contribution in [0.5, 0.6) is 28.7 Å². The lowest BCUT2D eigenvalue weighted by atomic mass is 9.85. The van der Waals surface area contributed by atoms with E-state index in [4.69, 9.17) is 23.7 Å². The van der Waals surface area contributed by atoms with Crippen LogP contribution in [0.3, 0.4) is 0 Å². The molecular formula is C27H34O7. The fraction of sp³-hybridized carbons (Fsp3) is 0.519. The maximum Gasteiger partial charge on any atom is 0.167 e. The van der Waals surface area contributed by atoms with Gasteiger partial charge in [-0.05, 0) is 24.6 Å². The molecule has 7 heteroatoms. The summed E-state index contributed by atoms with van der Waals surface area (Å²) < 4.78 is 29.6. The summed E-state index contributed by atoms with van der Waals surface area (Å²) in [7, 11) is 3.17. The molecule has 0 spiro atoms. The number of rotatable bonds is 4. The van der Waals surface area contributed by atoms with E-state index in [0.29, 0.717) is 48.0 Å². The third-order valence-corrected chi connectivity index (χ3v) is 6.87. The number of aliphatic hydroxyl groups is 1. The number of carbonyl (C=O) groups is 1. The van der Waals surface area contributed by atoms with Crippen LogP contribution in [0.2, 0.25) is 0 Å². The van der Waals surface area contributed by atoms with Gasteiger partial charge in [0.2, 0.25) is 0 Å². The van der Waals surface area contributed by atoms with Crippen LogP contribution in [0.25, 0.3) is 0 Å². The van der Waals surface area contributed by atoms with Crippen LogP contribution >= 0.6 is 0 Å². The fourth-order valence-corrected chi connectivity index (χ4v) is 5.00. The molecule has 5 rings (SSSR count). The summed E-state index contributed by atoms with van der Waals surface area (Å²) in [5.74, 6) is 3.09. The maximum atomic E-state index is 13.5. The molecule has 184 valence electrons. The monoisotopic (exact) mass is 470 g/mol. The van der Waals surface area contributed by atoms with E-state index in [0.717, 1.165) is 22.4 Å². The minimum atomic E-state index is -0.314. The Balaban J connectivity index is 0.00000133. The molecule has 0 fully saturated rings. The van der Waals surface area contributed by atoms with E-state index in [-0.39, 0.29) is 36.4 Å². The van der Waals surface area contributed by atoms with Crippen LogP contribution in [-0.2, 0) is 6.42 Å². The number of aryl methyl sites for hydroxylation is 1. The van der Waals surface area contributed by atoms with E-state index in [1.54, 1.807) is 14.2 Å². The van der Waals surface area contributed by atoms with Gasteiger partial charge in [-0.1, -0.05) is 20.8 Å². The Bertz CT molecular complexity index is 1080. The first-order valence-electron chi connectivity index (χ1n) is 12.0. The summed E-state index contributed by atoms with van der Waals surface area (Å²) in [6.45, 7) is 8.25. The second-order valence-electron chi connectivity index (χ2n) is 8.84. The average molecular weight is 471 g/mol. The predicted molar refractivity (Wildman–Crippen MR) is 128 cm³/mol. The lowest BCUT2D eigenvalue weighted by molar-refractivity contribution is 0.0809. The van der Waals surface area contributed by atoms with Gasteiger partial charge in [-0.3, -0.25) is 4.79 Å². The molecule has 3 aliphatic rings. The van der Waals surface area contributed by atoms with E-state index < -0.39 is 0 Å². The normalized spacial score (nSPS) is 22.7. The third-order valence-electron chi connectivity index (χ3n) is 6.87. The zero-order chi connectivity index (χ0) is 24.6. The highest BCUT2D eigenvalue weighted by molar-refractivity contribution is 6.02. The Kier molecular flexibility index (Phi) is 6.94. The molecule has 0 aliphatic carbocycles. The molecule has 34 heavy (non-hydrogen) atoms. The first kappa shape index (κ1) is 24.2. The molecule has 7 nitrogen and oxygen atoms in total. The molecule has 0 saturated heterocycles. The Hall–Kier alpha value is -2.93. The minimum Gasteiger partial charge on any atom is -0.493 e. The lowest BCUT2D eigenvalue weighted by Crippen LogP contribution is -2.35. The van der Waals surface area contributed by atoms with Gasteiger partial charge in [-0.2, -0.15) is 0 Å². The van der Waals surface area contributed by atoms with Crippen LogP contribution in [0.1, 0.15) is 60.2 Å². The SMILES string of the molecule is CC.COc1cc2c(cc1OC)C1CC(=O)c3c(C)cc4c(c3OC1CO2)CC(C(C)CO)O4. The number of ether oxygens (including phenoxy) is 5. The molecule has 4 atom stereocenters. The van der Waals surface area contributed by atoms with Gasteiger partial charge in [0.25, 0.3) is 0 Å². The number of fused-ring (bicyclic) bond motifs is 6. The van der Waals surface area contributed by atoms with Crippen molar-refractivity contribution in [2.45, 2.75) is 58.7 Å². The lowest BCUT2D eigenvalue weighted by Gasteiger charge is -2.32. The quantitative estimate of drug-likeness (QED) is 0.705. The smallest absolute Gasteiger partial charge is 0.167 e. The Morgan fingerprint density at radius 2 is 1.76 bits per heavy atom. The van der Waals surface area contributed by atoms with Crippen LogP contribution < -0.4 is 23.7 Å². The molecule has 0 amide bonds. The number of benzene rings is 2. The van der Waals surface area contributed by atoms with E-state index in [1.807, 2.05) is 45.9 Å². The van der Waals surface area contributed by atoms with E-state index in [9.17, 15) is 9.90 Å². The van der Waals surface area contributed by atoms with E-state index >= 15 is 0 Å². The second-order valence-corrected chi connectivity index (χ2v) is 8.84. The van der Waals surface area contributed by atoms with Crippen molar-refractivity contribution in [3.8, 4) is 28.7 Å². The molecular weight excluding hydrogens is 436 g/mol. The van der Waals surface area contributed by atoms with Crippen molar-refractivity contribution in [2.24, 2.45) is 5.92 Å². The second kappa shape index (κ2) is 9.74. The van der Waals surface area contributed by atoms with E-state index in [1.165, 1.54) is 0 Å². The Morgan fingerprint density at radius 3 is 2.44 bits per heavy atom. The number of carbonyl (C=O) groups excluding carboxylic acids is 1. The highest BCUT2D eigenvalue weighted by Crippen LogP contribution is 2.49. The first-order valence-corrected chi connectivity index (χ1v) is 12.0. The summed E-state index contributed by atoms with van der Waals surface area (Å²) in [5.41, 5.74) is 3.26. The largest absolute Gasteiger partial charge is 0.493 e. The van der Waals surface area contributed by atoms with Gasteiger partial charge >= 0.3 is 0 Å². The minimum absolute atomic E-state index is 0.0140. The van der Waals surface area contributed by atoms with Crippen molar-refractivity contribution in [2.75, 3.05) is 27.4 Å². The van der Waals surface area contributed by atoms with Crippen molar-refractivity contribution in [1.82, 2.24) is 0 Å². The average Bonchev–Trinajstić information content (AvgIpc) is 3.21. The van der Waals surface area contributed by atoms with E-state index in [2.05, 4.69) is 0 Å². The summed E-state index contributed by atoms with van der Waals surface area (Å²) in [5, 5.41) is 9.58. The van der Waals surface area contributed by atoms with Gasteiger partial charge in [-0.15, -0.1) is 0 Å². The Morgan fingerprint density at radius 1 is 1.06 bits per heavy atom. The molecule has 2 aromatic rings. The summed E-state index contributed by atoms with van der Waals surface area (Å²) in [6.07, 6.45) is 0.470. The third kappa shape index (κ3) is 3.96. The molecule has 0 aromatic heterocycles. The van der Waals surface area contributed by atoms with Crippen molar-refractivity contribution < 1.29 is 33.6 Å². The van der Waals surface area contributed by atoms with Gasteiger partial charge in [0, 0.05) is 48.5 Å². The van der Waals surface area contributed by atoms with Gasteiger partial charge in [0.15, 0.2) is 17.3 Å². The van der Waals surface area contributed by atoms with Crippen molar-refractivity contribution >= 4 is 5.78 Å². The molecule has 1 N–H and O–H groups in total. The van der Waals surface area contributed by atoms with Crippen LogP contribution in [0.15, 0.2) is 18.2 Å². The number of methoxy groups -OCH3 is 2. The number of ketones is 1.